The van der Waals surface area contributed by atoms with Crippen molar-refractivity contribution in [3.05, 3.63) is 35.2 Å². The van der Waals surface area contributed by atoms with E-state index in [9.17, 15) is 0 Å². The monoisotopic (exact) mass is 203 g/mol. The van der Waals surface area contributed by atoms with Crippen molar-refractivity contribution in [1.29, 1.82) is 0 Å². The maximum Gasteiger partial charge on any atom is 0.0625 e. The lowest BCUT2D eigenvalue weighted by Gasteiger charge is -2.11. The van der Waals surface area contributed by atoms with Crippen LogP contribution in [0.2, 0.25) is 0 Å². The minimum absolute atomic E-state index is 0. The Morgan fingerprint density at radius 3 is 2.75 bits per heavy atom. The summed E-state index contributed by atoms with van der Waals surface area (Å²) in [6.07, 6.45) is 8.68. The Morgan fingerprint density at radius 1 is 1.42 bits per heavy atom. The Kier molecular flexibility index (Phi) is 3.24. The van der Waals surface area contributed by atoms with E-state index in [4.69, 9.17) is 11.6 Å². The molecule has 66 valence electrons. The number of dihydropyridines is 1. The highest BCUT2D eigenvalue weighted by Gasteiger charge is 2.17. The Balaban J connectivity index is 0.000000720. The van der Waals surface area contributed by atoms with Crippen LogP contribution in [0.15, 0.2) is 35.2 Å². The van der Waals surface area contributed by atoms with Crippen LogP contribution in [0.5, 0.6) is 0 Å². The number of hydrogen-bond acceptors (Lipinski definition) is 1. The molecule has 0 aromatic heterocycles. The molecule has 1 aliphatic carbocycles. The maximum atomic E-state index is 5.68. The molecular formula is C9H11Cl2N. The molecule has 0 aromatic rings. The largest absolute Gasteiger partial charge is 0.358 e. The van der Waals surface area contributed by atoms with E-state index < -0.39 is 0 Å². The zero-order valence-corrected chi connectivity index (χ0v) is 8.21. The Morgan fingerprint density at radius 2 is 2.17 bits per heavy atom. The van der Waals surface area contributed by atoms with Crippen molar-refractivity contribution < 1.29 is 0 Å². The Hall–Kier alpha value is -0.400. The van der Waals surface area contributed by atoms with Crippen LogP contribution < -0.4 is 5.32 Å². The first-order valence-electron chi connectivity index (χ1n) is 3.82. The van der Waals surface area contributed by atoms with E-state index >= 15 is 0 Å². The predicted octanol–water partition coefficient (Wildman–Crippen LogP) is 2.74. The first-order chi connectivity index (χ1) is 5.40. The normalized spacial score (nSPS) is 19.6. The molecule has 0 saturated heterocycles. The summed E-state index contributed by atoms with van der Waals surface area (Å²) >= 11 is 5.68. The quantitative estimate of drug-likeness (QED) is 0.647. The first kappa shape index (κ1) is 9.69. The van der Waals surface area contributed by atoms with Crippen molar-refractivity contribution in [1.82, 2.24) is 5.32 Å². The highest BCUT2D eigenvalue weighted by Crippen LogP contribution is 2.32. The molecule has 0 spiro atoms. The van der Waals surface area contributed by atoms with Crippen LogP contribution in [0.4, 0.5) is 0 Å². The summed E-state index contributed by atoms with van der Waals surface area (Å²) in [5.74, 6) is 0.571. The number of nitrogens with one attached hydrogen (secondary N) is 1. The van der Waals surface area contributed by atoms with Gasteiger partial charge in [-0.05, 0) is 30.6 Å². The van der Waals surface area contributed by atoms with Crippen molar-refractivity contribution in [2.75, 3.05) is 5.88 Å². The van der Waals surface area contributed by atoms with Crippen LogP contribution in [0, 0.1) is 0 Å². The summed E-state index contributed by atoms with van der Waals surface area (Å²) in [7, 11) is 0. The topological polar surface area (TPSA) is 12.0 Å². The average Bonchev–Trinajstić information content (AvgIpc) is 2.87. The van der Waals surface area contributed by atoms with Crippen molar-refractivity contribution in [3.63, 3.8) is 0 Å². The van der Waals surface area contributed by atoms with Crippen LogP contribution in [0.1, 0.15) is 12.8 Å². The molecule has 1 fully saturated rings. The molecule has 0 bridgehead atoms. The third kappa shape index (κ3) is 2.05. The fraction of sp³-hybridized carbons (Fsp3) is 0.333. The van der Waals surface area contributed by atoms with E-state index in [1.807, 2.05) is 6.08 Å². The second-order valence-corrected chi connectivity index (χ2v) is 3.09. The molecule has 2 aliphatic rings. The van der Waals surface area contributed by atoms with Crippen molar-refractivity contribution in [2.24, 2.45) is 0 Å². The van der Waals surface area contributed by atoms with E-state index in [1.54, 1.807) is 0 Å². The summed E-state index contributed by atoms with van der Waals surface area (Å²) in [5, 5.41) is 3.29. The smallest absolute Gasteiger partial charge is 0.0625 e. The molecule has 1 saturated carbocycles. The molecule has 0 amide bonds. The molecule has 1 aliphatic heterocycles. The molecule has 3 heteroatoms. The van der Waals surface area contributed by atoms with Gasteiger partial charge in [0.15, 0.2) is 0 Å². The summed E-state index contributed by atoms with van der Waals surface area (Å²) in [4.78, 5) is 0. The van der Waals surface area contributed by atoms with Gasteiger partial charge in [-0.2, -0.15) is 0 Å². The zero-order chi connectivity index (χ0) is 7.68. The molecule has 0 radical (unpaired) electrons. The molecule has 1 nitrogen and oxygen atoms in total. The molecule has 12 heavy (non-hydrogen) atoms. The minimum atomic E-state index is 0. The van der Waals surface area contributed by atoms with Gasteiger partial charge in [-0.15, -0.1) is 24.0 Å². The van der Waals surface area contributed by atoms with Crippen molar-refractivity contribution >= 4 is 24.0 Å². The third-order valence-corrected chi connectivity index (χ3v) is 2.17. The second kappa shape index (κ2) is 4.01. The fourth-order valence-corrected chi connectivity index (χ4v) is 1.29. The zero-order valence-electron chi connectivity index (χ0n) is 6.64. The first-order valence-corrected chi connectivity index (χ1v) is 4.36. The molecule has 0 unspecified atom stereocenters. The number of hydrogen-bond donors (Lipinski definition) is 1. The lowest BCUT2D eigenvalue weighted by molar-refractivity contribution is 0.986. The van der Waals surface area contributed by atoms with Crippen LogP contribution in [0.25, 0.3) is 0 Å². The van der Waals surface area contributed by atoms with Crippen LogP contribution >= 0.6 is 24.0 Å². The number of halogens is 2. The SMILES string of the molecule is Cl.ClCC1=CC=CC(=C2CC2)N1. The lowest BCUT2D eigenvalue weighted by Crippen LogP contribution is -2.14. The Labute approximate surface area is 83.6 Å². The van der Waals surface area contributed by atoms with Gasteiger partial charge in [-0.25, -0.2) is 0 Å². The van der Waals surface area contributed by atoms with Crippen molar-refractivity contribution in [2.45, 2.75) is 12.8 Å². The lowest BCUT2D eigenvalue weighted by atomic mass is 10.2. The van der Waals surface area contributed by atoms with Gasteiger partial charge in [0.05, 0.1) is 5.88 Å². The molecule has 0 atom stereocenters. The summed E-state index contributed by atoms with van der Waals surface area (Å²) in [6, 6.07) is 0. The van der Waals surface area contributed by atoms with E-state index in [-0.39, 0.29) is 12.4 Å². The summed E-state index contributed by atoms with van der Waals surface area (Å²) in [6.45, 7) is 0. The van der Waals surface area contributed by atoms with Gasteiger partial charge < -0.3 is 5.32 Å². The molecule has 0 aromatic carbocycles. The van der Waals surface area contributed by atoms with E-state index in [1.165, 1.54) is 24.1 Å². The highest BCUT2D eigenvalue weighted by atomic mass is 35.5. The van der Waals surface area contributed by atoms with E-state index in [0.717, 1.165) is 5.70 Å². The maximum absolute atomic E-state index is 5.68. The van der Waals surface area contributed by atoms with E-state index in [0.29, 0.717) is 5.88 Å². The van der Waals surface area contributed by atoms with Gasteiger partial charge in [0.25, 0.3) is 0 Å². The van der Waals surface area contributed by atoms with Gasteiger partial charge in [-0.1, -0.05) is 6.08 Å². The Bertz CT molecular complexity index is 258. The molecule has 2 rings (SSSR count). The van der Waals surface area contributed by atoms with Gasteiger partial charge in [0.1, 0.15) is 0 Å². The van der Waals surface area contributed by atoms with Crippen LogP contribution in [-0.4, -0.2) is 5.88 Å². The predicted molar refractivity (Wildman–Crippen MR) is 54.6 cm³/mol. The van der Waals surface area contributed by atoms with Gasteiger partial charge in [0.2, 0.25) is 0 Å². The summed E-state index contributed by atoms with van der Waals surface area (Å²) in [5.41, 5.74) is 3.89. The number of alkyl halides is 1. The van der Waals surface area contributed by atoms with Crippen LogP contribution in [-0.2, 0) is 0 Å². The second-order valence-electron chi connectivity index (χ2n) is 2.83. The fourth-order valence-electron chi connectivity index (χ4n) is 1.13. The van der Waals surface area contributed by atoms with Crippen LogP contribution in [0.3, 0.4) is 0 Å². The summed E-state index contributed by atoms with van der Waals surface area (Å²) < 4.78 is 0. The molecular weight excluding hydrogens is 193 g/mol. The average molecular weight is 204 g/mol. The standard InChI is InChI=1S/C9H10ClN.ClH/c10-6-8-2-1-3-9(11-8)7-4-5-7;/h1-3,11H,4-6H2;1H. The molecule has 1 N–H and O–H groups in total. The minimum Gasteiger partial charge on any atom is -0.358 e. The third-order valence-electron chi connectivity index (χ3n) is 1.88. The van der Waals surface area contributed by atoms with E-state index in [2.05, 4.69) is 17.5 Å². The highest BCUT2D eigenvalue weighted by molar-refractivity contribution is 6.19. The van der Waals surface area contributed by atoms with Gasteiger partial charge in [0, 0.05) is 11.4 Å². The van der Waals surface area contributed by atoms with Gasteiger partial charge in [-0.3, -0.25) is 0 Å². The number of allylic oxidation sites excluding steroid dienone is 5. The van der Waals surface area contributed by atoms with Crippen molar-refractivity contribution in [3.8, 4) is 0 Å². The molecule has 1 heterocycles. The number of rotatable bonds is 1. The van der Waals surface area contributed by atoms with Gasteiger partial charge >= 0.3 is 0 Å².